The van der Waals surface area contributed by atoms with E-state index in [1.165, 1.54) is 35.8 Å². The molecule has 1 N–H and O–H groups in total. The van der Waals surface area contributed by atoms with Crippen molar-refractivity contribution in [2.24, 2.45) is 7.05 Å². The smallest absolute Gasteiger partial charge is 0.323 e. The van der Waals surface area contributed by atoms with Gasteiger partial charge in [-0.15, -0.1) is 0 Å². The molecule has 0 unspecified atom stereocenters. The molecule has 9 heteroatoms. The third-order valence-corrected chi connectivity index (χ3v) is 5.88. The van der Waals surface area contributed by atoms with Gasteiger partial charge in [0.25, 0.3) is 5.91 Å². The number of aryl methyl sites for hydroxylation is 1. The van der Waals surface area contributed by atoms with Crippen molar-refractivity contribution in [1.29, 1.82) is 0 Å². The minimum atomic E-state index is -3.69. The van der Waals surface area contributed by atoms with Crippen molar-refractivity contribution < 1.29 is 23.1 Å². The van der Waals surface area contributed by atoms with Gasteiger partial charge in [0.1, 0.15) is 17.1 Å². The zero-order valence-electron chi connectivity index (χ0n) is 15.5. The van der Waals surface area contributed by atoms with Gasteiger partial charge in [-0.3, -0.25) is 9.59 Å². The van der Waals surface area contributed by atoms with Crippen LogP contribution in [0.1, 0.15) is 16.1 Å². The van der Waals surface area contributed by atoms with Crippen molar-refractivity contribution in [2.45, 2.75) is 11.3 Å². The molecule has 0 atom stereocenters. The van der Waals surface area contributed by atoms with Gasteiger partial charge < -0.3 is 14.6 Å². The molecule has 1 aromatic heterocycles. The van der Waals surface area contributed by atoms with Crippen molar-refractivity contribution in [2.75, 3.05) is 27.2 Å². The Morgan fingerprint density at radius 3 is 2.33 bits per heavy atom. The maximum absolute atomic E-state index is 12.9. The molecule has 27 heavy (non-hydrogen) atoms. The van der Waals surface area contributed by atoms with Gasteiger partial charge in [0, 0.05) is 33.9 Å². The minimum Gasteiger partial charge on any atom is -0.480 e. The Labute approximate surface area is 158 Å². The van der Waals surface area contributed by atoms with Crippen LogP contribution in [-0.4, -0.2) is 66.4 Å². The van der Waals surface area contributed by atoms with Crippen molar-refractivity contribution in [3.05, 3.63) is 53.9 Å². The van der Waals surface area contributed by atoms with E-state index >= 15 is 0 Å². The lowest BCUT2D eigenvalue weighted by Gasteiger charge is -2.21. The lowest BCUT2D eigenvalue weighted by Crippen LogP contribution is -2.38. The first-order chi connectivity index (χ1) is 12.6. The number of carboxylic acid groups (broad SMARTS) is 1. The molecule has 0 radical (unpaired) electrons. The number of carboxylic acids is 1. The summed E-state index contributed by atoms with van der Waals surface area (Å²) in [5.41, 5.74) is 1.09. The van der Waals surface area contributed by atoms with Gasteiger partial charge >= 0.3 is 5.97 Å². The first kappa shape index (κ1) is 20.7. The predicted octanol–water partition coefficient (Wildman–Crippen LogP) is 1.04. The molecule has 1 heterocycles. The van der Waals surface area contributed by atoms with Crippen LogP contribution < -0.4 is 0 Å². The van der Waals surface area contributed by atoms with E-state index in [2.05, 4.69) is 0 Å². The SMILES string of the molecule is CN(C)S(=O)(=O)c1cc(C(=O)N(CCc2ccccc2)CC(=O)O)n(C)c1. The Kier molecular flexibility index (Phi) is 6.40. The quantitative estimate of drug-likeness (QED) is 0.722. The van der Waals surface area contributed by atoms with Crippen molar-refractivity contribution in [3.8, 4) is 0 Å². The standard InChI is InChI=1S/C18H23N3O5S/c1-19(2)27(25,26)15-11-16(20(3)12-15)18(24)21(13-17(22)23)10-9-14-7-5-4-6-8-14/h4-8,11-12H,9-10,13H2,1-3H3,(H,22,23). The second-order valence-corrected chi connectivity index (χ2v) is 8.47. The molecular weight excluding hydrogens is 370 g/mol. The highest BCUT2D eigenvalue weighted by atomic mass is 32.2. The van der Waals surface area contributed by atoms with Gasteiger partial charge in [-0.1, -0.05) is 30.3 Å². The topological polar surface area (TPSA) is 99.9 Å². The summed E-state index contributed by atoms with van der Waals surface area (Å²) in [6.07, 6.45) is 1.84. The van der Waals surface area contributed by atoms with E-state index in [4.69, 9.17) is 5.11 Å². The van der Waals surface area contributed by atoms with Crippen molar-refractivity contribution in [3.63, 3.8) is 0 Å². The normalized spacial score (nSPS) is 11.6. The van der Waals surface area contributed by atoms with Crippen LogP contribution in [0.15, 0.2) is 47.5 Å². The Balaban J connectivity index is 2.27. The molecule has 0 spiro atoms. The van der Waals surface area contributed by atoms with Gasteiger partial charge in [0.2, 0.25) is 10.0 Å². The average molecular weight is 393 g/mol. The number of hydrogen-bond acceptors (Lipinski definition) is 4. The summed E-state index contributed by atoms with van der Waals surface area (Å²) in [6, 6.07) is 10.7. The van der Waals surface area contributed by atoms with E-state index in [1.54, 1.807) is 7.05 Å². The van der Waals surface area contributed by atoms with Crippen LogP contribution in [0.4, 0.5) is 0 Å². The van der Waals surface area contributed by atoms with Crippen LogP contribution in [0.25, 0.3) is 0 Å². The number of hydrogen-bond donors (Lipinski definition) is 1. The highest BCUT2D eigenvalue weighted by molar-refractivity contribution is 7.89. The van der Waals surface area contributed by atoms with Crippen LogP contribution in [0, 0.1) is 0 Å². The number of carbonyl (C=O) groups excluding carboxylic acids is 1. The largest absolute Gasteiger partial charge is 0.480 e. The van der Waals surface area contributed by atoms with E-state index in [-0.39, 0.29) is 17.1 Å². The molecule has 1 amide bonds. The van der Waals surface area contributed by atoms with Crippen LogP contribution in [0.2, 0.25) is 0 Å². The van der Waals surface area contributed by atoms with Gasteiger partial charge in [-0.05, 0) is 18.1 Å². The molecule has 0 bridgehead atoms. The number of aromatic nitrogens is 1. The Morgan fingerprint density at radius 2 is 1.78 bits per heavy atom. The van der Waals surface area contributed by atoms with Crippen LogP contribution in [-0.2, 0) is 28.3 Å². The fourth-order valence-electron chi connectivity index (χ4n) is 2.59. The zero-order valence-corrected chi connectivity index (χ0v) is 16.3. The number of rotatable bonds is 8. The van der Waals surface area contributed by atoms with E-state index in [0.29, 0.717) is 6.42 Å². The maximum Gasteiger partial charge on any atom is 0.323 e. The third-order valence-electron chi connectivity index (χ3n) is 4.10. The Hall–Kier alpha value is -2.65. The highest BCUT2D eigenvalue weighted by Crippen LogP contribution is 2.18. The molecule has 1 aromatic carbocycles. The number of nitrogens with zero attached hydrogens (tertiary/aromatic N) is 3. The molecule has 8 nitrogen and oxygen atoms in total. The average Bonchev–Trinajstić information content (AvgIpc) is 3.01. The second-order valence-electron chi connectivity index (χ2n) is 6.32. The van der Waals surface area contributed by atoms with E-state index in [1.807, 2.05) is 30.3 Å². The molecular formula is C18H23N3O5S. The summed E-state index contributed by atoms with van der Waals surface area (Å²) in [7, 11) is 0.669. The molecule has 0 aliphatic carbocycles. The van der Waals surface area contributed by atoms with Gasteiger partial charge in [0.05, 0.1) is 0 Å². The van der Waals surface area contributed by atoms with Crippen LogP contribution in [0.3, 0.4) is 0 Å². The summed E-state index contributed by atoms with van der Waals surface area (Å²) in [5.74, 6) is -1.66. The molecule has 2 aromatic rings. The molecule has 0 saturated carbocycles. The van der Waals surface area contributed by atoms with Crippen LogP contribution >= 0.6 is 0 Å². The van der Waals surface area contributed by atoms with Gasteiger partial charge in [-0.25, -0.2) is 12.7 Å². The number of sulfonamides is 1. The Morgan fingerprint density at radius 1 is 1.15 bits per heavy atom. The molecule has 2 rings (SSSR count). The van der Waals surface area contributed by atoms with E-state index < -0.39 is 28.4 Å². The summed E-state index contributed by atoms with van der Waals surface area (Å²) < 4.78 is 27.0. The number of amides is 1. The first-order valence-corrected chi connectivity index (χ1v) is 9.71. The highest BCUT2D eigenvalue weighted by Gasteiger charge is 2.26. The fraction of sp³-hybridized carbons (Fsp3) is 0.333. The fourth-order valence-corrected chi connectivity index (χ4v) is 3.56. The lowest BCUT2D eigenvalue weighted by molar-refractivity contribution is -0.137. The number of aliphatic carboxylic acids is 1. The summed E-state index contributed by atoms with van der Waals surface area (Å²) >= 11 is 0. The maximum atomic E-state index is 12.9. The first-order valence-electron chi connectivity index (χ1n) is 8.27. The predicted molar refractivity (Wildman–Crippen MR) is 100.0 cm³/mol. The van der Waals surface area contributed by atoms with Gasteiger partial charge in [-0.2, -0.15) is 0 Å². The number of carbonyl (C=O) groups is 2. The molecule has 0 aliphatic rings. The second kappa shape index (κ2) is 8.36. The Bertz CT molecular complexity index is 920. The summed E-state index contributed by atoms with van der Waals surface area (Å²) in [5, 5.41) is 9.15. The molecule has 0 saturated heterocycles. The van der Waals surface area contributed by atoms with Crippen molar-refractivity contribution >= 4 is 21.9 Å². The van der Waals surface area contributed by atoms with Gasteiger partial charge in [0.15, 0.2) is 0 Å². The molecule has 0 aliphatic heterocycles. The molecule has 0 fully saturated rings. The van der Waals surface area contributed by atoms with E-state index in [0.717, 1.165) is 9.87 Å². The van der Waals surface area contributed by atoms with Crippen LogP contribution in [0.5, 0.6) is 0 Å². The minimum absolute atomic E-state index is 0.0170. The number of benzene rings is 1. The summed E-state index contributed by atoms with van der Waals surface area (Å²) in [6.45, 7) is -0.261. The summed E-state index contributed by atoms with van der Waals surface area (Å²) in [4.78, 5) is 25.2. The monoisotopic (exact) mass is 393 g/mol. The molecule has 146 valence electrons. The van der Waals surface area contributed by atoms with Crippen molar-refractivity contribution in [1.82, 2.24) is 13.8 Å². The zero-order chi connectivity index (χ0) is 20.2. The lowest BCUT2D eigenvalue weighted by atomic mass is 10.1. The third kappa shape index (κ3) is 4.95. The van der Waals surface area contributed by atoms with E-state index in [9.17, 15) is 18.0 Å².